The van der Waals surface area contributed by atoms with E-state index < -0.39 is 0 Å². The van der Waals surface area contributed by atoms with E-state index >= 15 is 0 Å². The summed E-state index contributed by atoms with van der Waals surface area (Å²) in [6.07, 6.45) is 0. The van der Waals surface area contributed by atoms with Crippen molar-refractivity contribution in [3.05, 3.63) is 212 Å². The number of furan rings is 1. The van der Waals surface area contributed by atoms with Gasteiger partial charge >= 0.3 is 0 Å². The van der Waals surface area contributed by atoms with Crippen molar-refractivity contribution in [1.82, 2.24) is 0 Å². The average molecular weight is 746 g/mol. The van der Waals surface area contributed by atoms with E-state index in [1.807, 2.05) is 17.4 Å². The Labute approximate surface area is 335 Å². The summed E-state index contributed by atoms with van der Waals surface area (Å²) in [5, 5.41) is 4.85. The highest BCUT2D eigenvalue weighted by atomic mass is 32.1. The Bertz CT molecular complexity index is 3110. The summed E-state index contributed by atoms with van der Waals surface area (Å²) in [5.74, 6) is 0. The zero-order valence-electron chi connectivity index (χ0n) is 31.0. The van der Waals surface area contributed by atoms with Crippen LogP contribution in [0.3, 0.4) is 0 Å². The van der Waals surface area contributed by atoms with Crippen molar-refractivity contribution in [2.45, 2.75) is 0 Å². The van der Waals surface area contributed by atoms with Crippen LogP contribution in [0, 0.1) is 0 Å². The molecule has 0 aliphatic heterocycles. The lowest BCUT2D eigenvalue weighted by Crippen LogP contribution is -2.09. The normalized spacial score (nSPS) is 11.5. The molecular formula is C54H35NOS. The number of nitrogens with zero attached hydrogens (tertiary/aromatic N) is 1. The molecule has 3 heteroatoms. The lowest BCUT2D eigenvalue weighted by molar-refractivity contribution is 0.670. The first-order chi connectivity index (χ1) is 28.2. The molecule has 0 radical (unpaired) electrons. The molecule has 2 aromatic heterocycles. The molecule has 0 fully saturated rings. The molecule has 0 bridgehead atoms. The van der Waals surface area contributed by atoms with Crippen LogP contribution in [0.5, 0.6) is 0 Å². The Morgan fingerprint density at radius 1 is 0.333 bits per heavy atom. The standard InChI is InChI=1S/C54H35NOS/c1-3-12-36(13-4-1)38-22-28-42(29-23-38)55(43-30-24-39(25-31-43)37-14-5-2-6-15-37)44-32-26-40(27-33-44)49-34-41(35-50-46-16-7-9-20-51(46)56-53(49)50)45-18-11-19-48-47-17-8-10-21-52(47)57-54(45)48/h1-35H. The summed E-state index contributed by atoms with van der Waals surface area (Å²) in [7, 11) is 0. The van der Waals surface area contributed by atoms with Crippen LogP contribution in [0.25, 0.3) is 86.6 Å². The van der Waals surface area contributed by atoms with E-state index in [9.17, 15) is 0 Å². The molecule has 11 rings (SSSR count). The van der Waals surface area contributed by atoms with E-state index in [1.165, 1.54) is 53.6 Å². The fourth-order valence-corrected chi connectivity index (χ4v) is 9.51. The molecule has 0 N–H and O–H groups in total. The highest BCUT2D eigenvalue weighted by Gasteiger charge is 2.19. The molecule has 11 aromatic rings. The van der Waals surface area contributed by atoms with Crippen molar-refractivity contribution in [3.63, 3.8) is 0 Å². The van der Waals surface area contributed by atoms with Gasteiger partial charge in [-0.05, 0) is 99.6 Å². The largest absolute Gasteiger partial charge is 0.455 e. The third kappa shape index (κ3) is 5.88. The molecular weight excluding hydrogens is 711 g/mol. The number of rotatable bonds is 7. The third-order valence-electron chi connectivity index (χ3n) is 11.1. The van der Waals surface area contributed by atoms with E-state index in [-0.39, 0.29) is 0 Å². The summed E-state index contributed by atoms with van der Waals surface area (Å²) in [6.45, 7) is 0. The maximum Gasteiger partial charge on any atom is 0.143 e. The van der Waals surface area contributed by atoms with Gasteiger partial charge in [-0.1, -0.05) is 152 Å². The molecule has 2 heterocycles. The van der Waals surface area contributed by atoms with Gasteiger partial charge in [-0.2, -0.15) is 0 Å². The first-order valence-corrected chi connectivity index (χ1v) is 20.1. The molecule has 0 saturated heterocycles. The van der Waals surface area contributed by atoms with Crippen molar-refractivity contribution in [2.75, 3.05) is 4.90 Å². The third-order valence-corrected chi connectivity index (χ3v) is 12.3. The molecule has 9 aromatic carbocycles. The van der Waals surface area contributed by atoms with Crippen LogP contribution < -0.4 is 4.90 Å². The minimum Gasteiger partial charge on any atom is -0.455 e. The quantitative estimate of drug-likeness (QED) is 0.162. The van der Waals surface area contributed by atoms with Gasteiger partial charge in [0.2, 0.25) is 0 Å². The molecule has 0 saturated carbocycles. The molecule has 0 unspecified atom stereocenters. The van der Waals surface area contributed by atoms with Crippen LogP contribution in [-0.2, 0) is 0 Å². The molecule has 268 valence electrons. The van der Waals surface area contributed by atoms with Crippen LogP contribution >= 0.6 is 11.3 Å². The van der Waals surface area contributed by atoms with Crippen LogP contribution in [0.2, 0.25) is 0 Å². The summed E-state index contributed by atoms with van der Waals surface area (Å²) < 4.78 is 9.28. The zero-order valence-corrected chi connectivity index (χ0v) is 31.8. The van der Waals surface area contributed by atoms with E-state index in [0.717, 1.165) is 50.1 Å². The van der Waals surface area contributed by atoms with E-state index in [1.54, 1.807) is 0 Å². The molecule has 0 aliphatic rings. The molecule has 0 aliphatic carbocycles. The van der Waals surface area contributed by atoms with Crippen molar-refractivity contribution < 1.29 is 4.42 Å². The van der Waals surface area contributed by atoms with Gasteiger partial charge in [-0.25, -0.2) is 0 Å². The van der Waals surface area contributed by atoms with Gasteiger partial charge in [0.1, 0.15) is 11.2 Å². The van der Waals surface area contributed by atoms with Crippen LogP contribution in [0.15, 0.2) is 217 Å². The van der Waals surface area contributed by atoms with Gasteiger partial charge < -0.3 is 9.32 Å². The van der Waals surface area contributed by atoms with Crippen LogP contribution in [0.1, 0.15) is 0 Å². The number of hydrogen-bond donors (Lipinski definition) is 0. The minimum absolute atomic E-state index is 0.895. The SMILES string of the molecule is c1ccc(-c2ccc(N(c3ccc(-c4ccccc4)cc3)c3ccc(-c4cc(-c5cccc6c5sc5ccccc56)cc5c4oc4ccccc45)cc3)cc2)cc1. The second-order valence-electron chi connectivity index (χ2n) is 14.5. The van der Waals surface area contributed by atoms with Crippen molar-refractivity contribution in [3.8, 4) is 44.5 Å². The first-order valence-electron chi connectivity index (χ1n) is 19.3. The van der Waals surface area contributed by atoms with E-state index in [0.29, 0.717) is 0 Å². The topological polar surface area (TPSA) is 16.4 Å². The predicted octanol–water partition coefficient (Wildman–Crippen LogP) is 16.1. The number of hydrogen-bond acceptors (Lipinski definition) is 3. The number of fused-ring (bicyclic) bond motifs is 6. The van der Waals surface area contributed by atoms with Gasteiger partial charge in [0, 0.05) is 53.6 Å². The predicted molar refractivity (Wildman–Crippen MR) is 243 cm³/mol. The Kier molecular flexibility index (Phi) is 8.04. The van der Waals surface area contributed by atoms with E-state index in [4.69, 9.17) is 4.42 Å². The van der Waals surface area contributed by atoms with E-state index in [2.05, 4.69) is 211 Å². The summed E-state index contributed by atoms with van der Waals surface area (Å²) in [5.41, 5.74) is 14.4. The Hall–Kier alpha value is -7.20. The van der Waals surface area contributed by atoms with Gasteiger partial charge in [0.15, 0.2) is 0 Å². The Morgan fingerprint density at radius 3 is 1.47 bits per heavy atom. The Balaban J connectivity index is 1.04. The number of thiophene rings is 1. The van der Waals surface area contributed by atoms with Gasteiger partial charge in [-0.3, -0.25) is 0 Å². The van der Waals surface area contributed by atoms with Gasteiger partial charge in [0.05, 0.1) is 0 Å². The molecule has 0 amide bonds. The maximum absolute atomic E-state index is 6.67. The highest BCUT2D eigenvalue weighted by Crippen LogP contribution is 2.45. The lowest BCUT2D eigenvalue weighted by Gasteiger charge is -2.26. The fourth-order valence-electron chi connectivity index (χ4n) is 8.28. The van der Waals surface area contributed by atoms with Crippen molar-refractivity contribution in [2.24, 2.45) is 0 Å². The fraction of sp³-hybridized carbons (Fsp3) is 0. The van der Waals surface area contributed by atoms with Crippen molar-refractivity contribution in [1.29, 1.82) is 0 Å². The highest BCUT2D eigenvalue weighted by molar-refractivity contribution is 7.26. The molecule has 57 heavy (non-hydrogen) atoms. The lowest BCUT2D eigenvalue weighted by atomic mass is 9.94. The second kappa shape index (κ2) is 13.8. The first kappa shape index (κ1) is 33.2. The molecule has 0 atom stereocenters. The minimum atomic E-state index is 0.895. The number of benzene rings is 9. The Morgan fingerprint density at radius 2 is 0.842 bits per heavy atom. The second-order valence-corrected chi connectivity index (χ2v) is 15.5. The zero-order chi connectivity index (χ0) is 37.7. The molecule has 0 spiro atoms. The van der Waals surface area contributed by atoms with Crippen LogP contribution in [0.4, 0.5) is 17.1 Å². The monoisotopic (exact) mass is 745 g/mol. The average Bonchev–Trinajstić information content (AvgIpc) is 3.86. The molecule has 2 nitrogen and oxygen atoms in total. The smallest absolute Gasteiger partial charge is 0.143 e. The summed E-state index contributed by atoms with van der Waals surface area (Å²) >= 11 is 1.87. The van der Waals surface area contributed by atoms with Crippen molar-refractivity contribution >= 4 is 70.5 Å². The summed E-state index contributed by atoms with van der Waals surface area (Å²) in [6, 6.07) is 76.2. The summed E-state index contributed by atoms with van der Waals surface area (Å²) in [4.78, 5) is 2.34. The van der Waals surface area contributed by atoms with Gasteiger partial charge in [0.25, 0.3) is 0 Å². The van der Waals surface area contributed by atoms with Crippen LogP contribution in [-0.4, -0.2) is 0 Å². The maximum atomic E-state index is 6.67. The van der Waals surface area contributed by atoms with Gasteiger partial charge in [-0.15, -0.1) is 11.3 Å². The number of para-hydroxylation sites is 1. The number of anilines is 3.